The summed E-state index contributed by atoms with van der Waals surface area (Å²) in [5, 5.41) is 7.53. The molecule has 36 heavy (non-hydrogen) atoms. The molecule has 2 amide bonds. The van der Waals surface area contributed by atoms with Gasteiger partial charge in [-0.25, -0.2) is 4.79 Å². The Labute approximate surface area is 213 Å². The van der Waals surface area contributed by atoms with Crippen molar-refractivity contribution in [3.63, 3.8) is 0 Å². The lowest BCUT2D eigenvalue weighted by atomic mass is 10.0. The lowest BCUT2D eigenvalue weighted by Crippen LogP contribution is -2.39. The molecule has 190 valence electrons. The average molecular weight is 512 g/mol. The first-order chi connectivity index (χ1) is 17.5. The second-order valence-corrected chi connectivity index (χ2v) is 9.35. The second-order valence-electron chi connectivity index (χ2n) is 8.32. The van der Waals surface area contributed by atoms with Gasteiger partial charge in [0.1, 0.15) is 0 Å². The van der Waals surface area contributed by atoms with Crippen LogP contribution in [0.3, 0.4) is 0 Å². The Hall–Kier alpha value is -3.79. The predicted octanol–water partition coefficient (Wildman–Crippen LogP) is 3.96. The minimum Gasteiger partial charge on any atom is -0.466 e. The van der Waals surface area contributed by atoms with Gasteiger partial charge in [-0.1, -0.05) is 31.5 Å². The molecule has 0 saturated carbocycles. The summed E-state index contributed by atoms with van der Waals surface area (Å²) in [6.07, 6.45) is 3.37. The van der Waals surface area contributed by atoms with E-state index < -0.39 is 18.0 Å². The maximum absolute atomic E-state index is 12.8. The molecular weight excluding hydrogens is 482 g/mol. The van der Waals surface area contributed by atoms with Crippen LogP contribution < -0.4 is 25.7 Å². The van der Waals surface area contributed by atoms with E-state index in [0.29, 0.717) is 35.8 Å². The SMILES string of the molecule is CCCCOC(=O)C[C@H](NC(=O)NCc1cccn(Cc2cccs2)c1=O)c1ccc2c(c1)OCO2. The number of fused-ring (bicyclic) bond motifs is 1. The number of aromatic nitrogens is 1. The molecular formula is C26H29N3O6S. The van der Waals surface area contributed by atoms with Crippen molar-refractivity contribution >= 4 is 23.3 Å². The van der Waals surface area contributed by atoms with Gasteiger partial charge in [0.2, 0.25) is 6.79 Å². The number of pyridine rings is 1. The summed E-state index contributed by atoms with van der Waals surface area (Å²) >= 11 is 1.58. The number of carbonyl (C=O) groups is 2. The highest BCUT2D eigenvalue weighted by Crippen LogP contribution is 2.34. The van der Waals surface area contributed by atoms with Crippen molar-refractivity contribution in [3.05, 3.63) is 80.4 Å². The van der Waals surface area contributed by atoms with Crippen LogP contribution >= 0.6 is 11.3 Å². The number of esters is 1. The number of ether oxygens (including phenoxy) is 3. The summed E-state index contributed by atoms with van der Waals surface area (Å²) in [4.78, 5) is 39.1. The molecule has 0 unspecified atom stereocenters. The largest absolute Gasteiger partial charge is 0.466 e. The molecule has 3 aromatic rings. The topological polar surface area (TPSA) is 108 Å². The fourth-order valence-corrected chi connectivity index (χ4v) is 4.44. The summed E-state index contributed by atoms with van der Waals surface area (Å²) in [7, 11) is 0. The van der Waals surface area contributed by atoms with Gasteiger partial charge in [0.15, 0.2) is 11.5 Å². The number of unbranched alkanes of at least 4 members (excludes halogenated alkanes) is 1. The first kappa shape index (κ1) is 25.3. The Kier molecular flexibility index (Phi) is 8.62. The molecule has 0 spiro atoms. The highest BCUT2D eigenvalue weighted by Gasteiger charge is 2.23. The van der Waals surface area contributed by atoms with Crippen LogP contribution in [0.1, 0.15) is 48.2 Å². The van der Waals surface area contributed by atoms with Crippen LogP contribution in [0.4, 0.5) is 4.79 Å². The summed E-state index contributed by atoms with van der Waals surface area (Å²) in [6.45, 7) is 2.99. The van der Waals surface area contributed by atoms with E-state index in [-0.39, 0.29) is 25.3 Å². The van der Waals surface area contributed by atoms with Crippen molar-refractivity contribution in [3.8, 4) is 11.5 Å². The highest BCUT2D eigenvalue weighted by atomic mass is 32.1. The lowest BCUT2D eigenvalue weighted by molar-refractivity contribution is -0.144. The third-order valence-corrected chi connectivity index (χ3v) is 6.54. The number of hydrogen-bond donors (Lipinski definition) is 2. The normalized spacial score (nSPS) is 12.7. The first-order valence-corrected chi connectivity index (χ1v) is 12.7. The Bertz CT molecular complexity index is 1240. The van der Waals surface area contributed by atoms with Crippen LogP contribution in [0.25, 0.3) is 0 Å². The first-order valence-electron chi connectivity index (χ1n) is 11.8. The smallest absolute Gasteiger partial charge is 0.315 e. The van der Waals surface area contributed by atoms with Gasteiger partial charge in [-0.05, 0) is 41.6 Å². The number of rotatable bonds is 11. The molecule has 10 heteroatoms. The van der Waals surface area contributed by atoms with Gasteiger partial charge in [0.25, 0.3) is 5.56 Å². The Morgan fingerprint density at radius 2 is 2.03 bits per heavy atom. The highest BCUT2D eigenvalue weighted by molar-refractivity contribution is 7.09. The zero-order valence-electron chi connectivity index (χ0n) is 20.0. The maximum atomic E-state index is 12.8. The Balaban J connectivity index is 1.41. The number of hydrogen-bond acceptors (Lipinski definition) is 7. The van der Waals surface area contributed by atoms with Gasteiger partial charge in [0.05, 0.1) is 25.6 Å². The number of urea groups is 1. The van der Waals surface area contributed by atoms with E-state index in [0.717, 1.165) is 17.7 Å². The van der Waals surface area contributed by atoms with Gasteiger partial charge in [0, 0.05) is 23.2 Å². The third-order valence-electron chi connectivity index (χ3n) is 5.68. The summed E-state index contributed by atoms with van der Waals surface area (Å²) in [5.41, 5.74) is 0.973. The van der Waals surface area contributed by atoms with Crippen LogP contribution in [-0.2, 0) is 22.6 Å². The molecule has 3 heterocycles. The molecule has 1 atom stereocenters. The van der Waals surface area contributed by atoms with Gasteiger partial charge >= 0.3 is 12.0 Å². The quantitative estimate of drug-likeness (QED) is 0.298. The predicted molar refractivity (Wildman–Crippen MR) is 135 cm³/mol. The molecule has 0 fully saturated rings. The van der Waals surface area contributed by atoms with Gasteiger partial charge in [-0.3, -0.25) is 9.59 Å². The van der Waals surface area contributed by atoms with Crippen molar-refractivity contribution in [2.45, 2.75) is 45.3 Å². The fourth-order valence-electron chi connectivity index (χ4n) is 3.74. The number of nitrogens with one attached hydrogen (secondary N) is 2. The maximum Gasteiger partial charge on any atom is 0.315 e. The van der Waals surface area contributed by atoms with Gasteiger partial charge < -0.3 is 29.4 Å². The van der Waals surface area contributed by atoms with E-state index in [1.165, 1.54) is 0 Å². The molecule has 1 aromatic carbocycles. The zero-order chi connectivity index (χ0) is 25.3. The van der Waals surface area contributed by atoms with Crippen LogP contribution in [-0.4, -0.2) is 30.0 Å². The second kappa shape index (κ2) is 12.3. The van der Waals surface area contributed by atoms with E-state index in [1.807, 2.05) is 24.4 Å². The average Bonchev–Trinajstić information content (AvgIpc) is 3.56. The van der Waals surface area contributed by atoms with Crippen molar-refractivity contribution in [2.24, 2.45) is 0 Å². The number of nitrogens with zero attached hydrogens (tertiary/aromatic N) is 1. The van der Waals surface area contributed by atoms with E-state index >= 15 is 0 Å². The fraction of sp³-hybridized carbons (Fsp3) is 0.346. The summed E-state index contributed by atoms with van der Waals surface area (Å²) < 4.78 is 17.7. The van der Waals surface area contributed by atoms with E-state index in [9.17, 15) is 14.4 Å². The van der Waals surface area contributed by atoms with Crippen molar-refractivity contribution in [1.29, 1.82) is 0 Å². The molecule has 1 aliphatic rings. The van der Waals surface area contributed by atoms with Crippen LogP contribution in [0.2, 0.25) is 0 Å². The van der Waals surface area contributed by atoms with Gasteiger partial charge in [-0.2, -0.15) is 0 Å². The zero-order valence-corrected chi connectivity index (χ0v) is 20.8. The van der Waals surface area contributed by atoms with E-state index in [1.54, 1.807) is 52.4 Å². The number of carbonyl (C=O) groups excluding carboxylic acids is 2. The molecule has 1 aliphatic heterocycles. The molecule has 0 radical (unpaired) electrons. The molecule has 4 rings (SSSR count). The summed E-state index contributed by atoms with van der Waals surface area (Å²) in [5.74, 6) is 0.746. The summed E-state index contributed by atoms with van der Waals surface area (Å²) in [6, 6.07) is 11.5. The molecule has 2 N–H and O–H groups in total. The number of amides is 2. The minimum absolute atomic E-state index is 0.0459. The number of benzene rings is 1. The number of thiophene rings is 1. The van der Waals surface area contributed by atoms with Crippen LogP contribution in [0.5, 0.6) is 11.5 Å². The third kappa shape index (κ3) is 6.66. The van der Waals surface area contributed by atoms with Crippen molar-refractivity contribution in [1.82, 2.24) is 15.2 Å². The molecule has 0 aliphatic carbocycles. The van der Waals surface area contributed by atoms with Crippen LogP contribution in [0.15, 0.2) is 58.8 Å². The van der Waals surface area contributed by atoms with Gasteiger partial charge in [-0.15, -0.1) is 11.3 Å². The molecule has 0 bridgehead atoms. The standard InChI is InChI=1S/C26H29N3O6S/c1-2-3-11-33-24(30)14-21(18-8-9-22-23(13-18)35-17-34-22)28-26(32)27-15-19-6-4-10-29(25(19)31)16-20-7-5-12-36-20/h4-10,12-13,21H,2-3,11,14-17H2,1H3,(H2,27,28,32)/t21-/m0/s1. The monoisotopic (exact) mass is 511 g/mol. The van der Waals surface area contributed by atoms with Crippen LogP contribution in [0, 0.1) is 0 Å². The minimum atomic E-state index is -0.653. The van der Waals surface area contributed by atoms with E-state index in [4.69, 9.17) is 14.2 Å². The molecule has 2 aromatic heterocycles. The molecule has 0 saturated heterocycles. The lowest BCUT2D eigenvalue weighted by Gasteiger charge is -2.19. The Morgan fingerprint density at radius 3 is 2.83 bits per heavy atom. The van der Waals surface area contributed by atoms with E-state index in [2.05, 4.69) is 10.6 Å². The Morgan fingerprint density at radius 1 is 1.17 bits per heavy atom. The van der Waals surface area contributed by atoms with Crippen molar-refractivity contribution in [2.75, 3.05) is 13.4 Å². The molecule has 9 nitrogen and oxygen atoms in total. The van der Waals surface area contributed by atoms with Crippen molar-refractivity contribution < 1.29 is 23.8 Å².